The molecule has 0 fully saturated rings. The van der Waals surface area contributed by atoms with E-state index in [2.05, 4.69) is 93.7 Å². The number of allylic oxidation sites excluding steroid dienone is 12. The van der Waals surface area contributed by atoms with Crippen LogP contribution < -0.4 is 0 Å². The first-order chi connectivity index (χ1) is 31.5. The Hall–Kier alpha value is -3.15. The SMILES string of the molecule is CC/C=C\C/C=C\C/C=C\C/C=C\C/C=C\CCCCCC(=O)OC[C@H](COC(=O)CCCCCCCCC/C=C\CCCCCC)OC(=O)CCCCCCCCCCCCCC. The van der Waals surface area contributed by atoms with Crippen molar-refractivity contribution in [3.63, 3.8) is 0 Å². The number of rotatable bonds is 48. The first kappa shape index (κ1) is 60.9. The van der Waals surface area contributed by atoms with Crippen LogP contribution >= 0.6 is 0 Å². The molecule has 0 heterocycles. The summed E-state index contributed by atoms with van der Waals surface area (Å²) in [7, 11) is 0. The molecule has 0 aliphatic heterocycles. The van der Waals surface area contributed by atoms with Gasteiger partial charge in [0.25, 0.3) is 0 Å². The molecule has 0 spiro atoms. The van der Waals surface area contributed by atoms with Crippen LogP contribution in [0.3, 0.4) is 0 Å². The van der Waals surface area contributed by atoms with Gasteiger partial charge in [-0.05, 0) is 89.9 Å². The van der Waals surface area contributed by atoms with Crippen LogP contribution in [0.1, 0.15) is 258 Å². The Balaban J connectivity index is 4.41. The third-order valence-corrected chi connectivity index (χ3v) is 11.4. The summed E-state index contributed by atoms with van der Waals surface area (Å²) in [4.78, 5) is 38.0. The van der Waals surface area contributed by atoms with Crippen LogP contribution in [0.15, 0.2) is 72.9 Å². The Morgan fingerprint density at radius 3 is 1.00 bits per heavy atom. The topological polar surface area (TPSA) is 78.9 Å². The Bertz CT molecular complexity index is 1210. The van der Waals surface area contributed by atoms with Gasteiger partial charge in [0, 0.05) is 19.3 Å². The van der Waals surface area contributed by atoms with E-state index in [9.17, 15) is 14.4 Å². The largest absolute Gasteiger partial charge is 0.462 e. The van der Waals surface area contributed by atoms with Crippen molar-refractivity contribution in [1.82, 2.24) is 0 Å². The number of unbranched alkanes of at least 4 members (excludes halogenated alkanes) is 25. The molecule has 0 saturated heterocycles. The highest BCUT2D eigenvalue weighted by molar-refractivity contribution is 5.71. The van der Waals surface area contributed by atoms with Crippen molar-refractivity contribution in [2.24, 2.45) is 0 Å². The molecule has 0 aliphatic rings. The Morgan fingerprint density at radius 1 is 0.328 bits per heavy atom. The number of hydrogen-bond donors (Lipinski definition) is 0. The molecule has 0 aliphatic carbocycles. The minimum absolute atomic E-state index is 0.0866. The molecule has 0 rings (SSSR count). The van der Waals surface area contributed by atoms with Gasteiger partial charge in [-0.25, -0.2) is 0 Å². The fraction of sp³-hybridized carbons (Fsp3) is 0.741. The van der Waals surface area contributed by atoms with Gasteiger partial charge < -0.3 is 14.2 Å². The summed E-state index contributed by atoms with van der Waals surface area (Å²) >= 11 is 0. The zero-order valence-electron chi connectivity index (χ0n) is 42.0. The van der Waals surface area contributed by atoms with Crippen LogP contribution in [0.25, 0.3) is 0 Å². The van der Waals surface area contributed by atoms with Crippen molar-refractivity contribution in [2.75, 3.05) is 13.2 Å². The van der Waals surface area contributed by atoms with Crippen molar-refractivity contribution in [3.8, 4) is 0 Å². The molecule has 6 heteroatoms. The van der Waals surface area contributed by atoms with Crippen LogP contribution in [0.4, 0.5) is 0 Å². The van der Waals surface area contributed by atoms with Gasteiger partial charge in [0.1, 0.15) is 13.2 Å². The van der Waals surface area contributed by atoms with E-state index in [0.717, 1.165) is 96.3 Å². The predicted octanol–water partition coefficient (Wildman–Crippen LogP) is 17.8. The minimum Gasteiger partial charge on any atom is -0.462 e. The van der Waals surface area contributed by atoms with Gasteiger partial charge >= 0.3 is 17.9 Å². The summed E-state index contributed by atoms with van der Waals surface area (Å²) in [6, 6.07) is 0. The Morgan fingerprint density at radius 2 is 0.609 bits per heavy atom. The second kappa shape index (κ2) is 52.5. The predicted molar refractivity (Wildman–Crippen MR) is 274 cm³/mol. The summed E-state index contributed by atoms with van der Waals surface area (Å²) in [5.74, 6) is -0.919. The third kappa shape index (κ3) is 49.9. The van der Waals surface area contributed by atoms with Gasteiger partial charge in [-0.3, -0.25) is 14.4 Å². The minimum atomic E-state index is -0.788. The molecule has 0 bridgehead atoms. The highest BCUT2D eigenvalue weighted by Gasteiger charge is 2.19. The first-order valence-electron chi connectivity index (χ1n) is 26.9. The molecule has 0 unspecified atom stereocenters. The number of carbonyl (C=O) groups is 3. The van der Waals surface area contributed by atoms with E-state index in [1.54, 1.807) is 0 Å². The highest BCUT2D eigenvalue weighted by atomic mass is 16.6. The first-order valence-corrected chi connectivity index (χ1v) is 26.9. The maximum absolute atomic E-state index is 12.8. The van der Waals surface area contributed by atoms with Gasteiger partial charge in [0.05, 0.1) is 0 Å². The Labute approximate surface area is 395 Å². The maximum atomic E-state index is 12.8. The summed E-state index contributed by atoms with van der Waals surface area (Å²) in [5, 5.41) is 0. The van der Waals surface area contributed by atoms with Gasteiger partial charge in [-0.1, -0.05) is 222 Å². The zero-order chi connectivity index (χ0) is 46.5. The molecule has 0 amide bonds. The molecule has 6 nitrogen and oxygen atoms in total. The number of carbonyl (C=O) groups excluding carboxylic acids is 3. The normalized spacial score (nSPS) is 12.6. The average molecular weight is 893 g/mol. The molecule has 0 aromatic rings. The van der Waals surface area contributed by atoms with E-state index < -0.39 is 6.10 Å². The van der Waals surface area contributed by atoms with E-state index in [-0.39, 0.29) is 31.1 Å². The highest BCUT2D eigenvalue weighted by Crippen LogP contribution is 2.15. The van der Waals surface area contributed by atoms with Crippen LogP contribution in [-0.2, 0) is 28.6 Å². The summed E-state index contributed by atoms with van der Waals surface area (Å²) in [5.41, 5.74) is 0. The van der Waals surface area contributed by atoms with Crippen molar-refractivity contribution < 1.29 is 28.6 Å². The lowest BCUT2D eigenvalue weighted by molar-refractivity contribution is -0.167. The van der Waals surface area contributed by atoms with Crippen molar-refractivity contribution >= 4 is 17.9 Å². The fourth-order valence-corrected chi connectivity index (χ4v) is 7.40. The molecule has 0 radical (unpaired) electrons. The van der Waals surface area contributed by atoms with Crippen molar-refractivity contribution in [1.29, 1.82) is 0 Å². The summed E-state index contributed by atoms with van der Waals surface area (Å²) in [6.45, 7) is 6.49. The smallest absolute Gasteiger partial charge is 0.306 e. The van der Waals surface area contributed by atoms with E-state index in [4.69, 9.17) is 14.2 Å². The summed E-state index contributed by atoms with van der Waals surface area (Å²) < 4.78 is 16.8. The number of esters is 3. The lowest BCUT2D eigenvalue weighted by Gasteiger charge is -2.18. The molecule has 0 aromatic heterocycles. The molecule has 368 valence electrons. The van der Waals surface area contributed by atoms with Gasteiger partial charge in [0.15, 0.2) is 6.10 Å². The standard InChI is InChI=1S/C58H100O6/c1-4-7-10-13-16-19-22-25-27-28-29-30-32-34-37-39-42-45-48-51-57(60)63-54-55(64-58(61)52-49-46-43-40-35-24-21-18-15-12-9-6-3)53-62-56(59)50-47-44-41-38-36-33-31-26-23-20-17-14-11-8-5-2/h7,10,16,19-20,23,25,27,29-30,34,37,55H,4-6,8-9,11-15,17-18,21-22,24,26,28,31-33,35-36,38-54H2,1-3H3/b10-7-,19-16-,23-20-,27-25-,30-29-,37-34-/t55-/m0/s1. The van der Waals surface area contributed by atoms with E-state index in [1.807, 2.05) is 0 Å². The molecule has 0 N–H and O–H groups in total. The molecular weight excluding hydrogens is 793 g/mol. The van der Waals surface area contributed by atoms with Gasteiger partial charge in [0.2, 0.25) is 0 Å². The molecule has 0 saturated carbocycles. The maximum Gasteiger partial charge on any atom is 0.306 e. The number of hydrogen-bond acceptors (Lipinski definition) is 6. The molecule has 0 aromatic carbocycles. The molecule has 64 heavy (non-hydrogen) atoms. The van der Waals surface area contributed by atoms with E-state index in [0.29, 0.717) is 19.3 Å². The zero-order valence-corrected chi connectivity index (χ0v) is 42.0. The second-order valence-corrected chi connectivity index (χ2v) is 17.8. The van der Waals surface area contributed by atoms with Crippen LogP contribution in [0.2, 0.25) is 0 Å². The van der Waals surface area contributed by atoms with E-state index in [1.165, 1.54) is 122 Å². The second-order valence-electron chi connectivity index (χ2n) is 17.8. The van der Waals surface area contributed by atoms with Gasteiger partial charge in [-0.2, -0.15) is 0 Å². The summed E-state index contributed by atoms with van der Waals surface area (Å²) in [6.07, 6.45) is 66.0. The van der Waals surface area contributed by atoms with E-state index >= 15 is 0 Å². The van der Waals surface area contributed by atoms with Crippen LogP contribution in [0, 0.1) is 0 Å². The lowest BCUT2D eigenvalue weighted by atomic mass is 10.0. The number of ether oxygens (including phenoxy) is 3. The van der Waals surface area contributed by atoms with Crippen molar-refractivity contribution in [3.05, 3.63) is 72.9 Å². The van der Waals surface area contributed by atoms with Crippen LogP contribution in [-0.4, -0.2) is 37.2 Å². The monoisotopic (exact) mass is 893 g/mol. The van der Waals surface area contributed by atoms with Gasteiger partial charge in [-0.15, -0.1) is 0 Å². The average Bonchev–Trinajstić information content (AvgIpc) is 3.29. The quantitative estimate of drug-likeness (QED) is 0.0262. The van der Waals surface area contributed by atoms with Crippen LogP contribution in [0.5, 0.6) is 0 Å². The van der Waals surface area contributed by atoms with Crippen molar-refractivity contribution in [2.45, 2.75) is 264 Å². The lowest BCUT2D eigenvalue weighted by Crippen LogP contribution is -2.30. The fourth-order valence-electron chi connectivity index (χ4n) is 7.40. The Kier molecular flexibility index (Phi) is 49.9. The molecule has 1 atom stereocenters. The third-order valence-electron chi connectivity index (χ3n) is 11.4. The molecular formula is C58H100O6.